The molecule has 1 N–H and O–H groups in total. The maximum absolute atomic E-state index is 12.2. The Morgan fingerprint density at radius 1 is 1.12 bits per heavy atom. The summed E-state index contributed by atoms with van der Waals surface area (Å²) in [4.78, 5) is 24.8. The number of hydrogen-bond donors (Lipinski definition) is 1. The van der Waals surface area contributed by atoms with E-state index in [-0.39, 0.29) is 11.8 Å². The lowest BCUT2D eigenvalue weighted by atomic mass is 10.1. The summed E-state index contributed by atoms with van der Waals surface area (Å²) in [5.74, 6) is -0.689. The third-order valence-corrected chi connectivity index (χ3v) is 2.91. The Kier molecular flexibility index (Phi) is 4.54. The van der Waals surface area contributed by atoms with Crippen LogP contribution in [-0.2, 0) is 9.59 Å². The van der Waals surface area contributed by atoms with Crippen molar-refractivity contribution in [1.29, 1.82) is 0 Å². The van der Waals surface area contributed by atoms with Gasteiger partial charge in [0.1, 0.15) is 0 Å². The number of amides is 1. The molecule has 2 atom stereocenters. The molecule has 98 valence electrons. The first-order valence-electron chi connectivity index (χ1n) is 6.34. The Morgan fingerprint density at radius 3 is 1.88 bits per heavy atom. The van der Waals surface area contributed by atoms with Crippen LogP contribution in [0.1, 0.15) is 34.1 Å². The van der Waals surface area contributed by atoms with E-state index in [1.165, 1.54) is 0 Å². The van der Waals surface area contributed by atoms with Crippen LogP contribution in [0.4, 0.5) is 0 Å². The summed E-state index contributed by atoms with van der Waals surface area (Å²) in [5, 5.41) is 8.85. The van der Waals surface area contributed by atoms with Crippen molar-refractivity contribution >= 4 is 11.9 Å². The number of nitrogens with zero attached hydrogens (tertiary/aromatic N) is 1. The van der Waals surface area contributed by atoms with Gasteiger partial charge in [0.2, 0.25) is 5.91 Å². The topological polar surface area (TPSA) is 57.6 Å². The standard InChI is InChI=1S/C13H23NO3/c1-8(2)6-14(7-9(3)4)12(15)10-5-11(10)13(16)17/h8-11H,5-7H2,1-4H3,(H,16,17). The second kappa shape index (κ2) is 5.52. The Balaban J connectivity index is 2.58. The van der Waals surface area contributed by atoms with E-state index in [0.717, 1.165) is 13.1 Å². The minimum absolute atomic E-state index is 0.0276. The molecule has 1 aliphatic carbocycles. The smallest absolute Gasteiger partial charge is 0.307 e. The first-order chi connectivity index (χ1) is 7.82. The van der Waals surface area contributed by atoms with Crippen molar-refractivity contribution in [1.82, 2.24) is 4.90 Å². The Hall–Kier alpha value is -1.06. The number of rotatable bonds is 6. The molecule has 1 saturated carbocycles. The van der Waals surface area contributed by atoms with E-state index in [9.17, 15) is 9.59 Å². The molecule has 0 aliphatic heterocycles. The van der Waals surface area contributed by atoms with E-state index in [1.54, 1.807) is 0 Å². The van der Waals surface area contributed by atoms with Gasteiger partial charge >= 0.3 is 5.97 Å². The molecular formula is C13H23NO3. The van der Waals surface area contributed by atoms with Crippen LogP contribution in [0.15, 0.2) is 0 Å². The van der Waals surface area contributed by atoms with Crippen LogP contribution in [0.5, 0.6) is 0 Å². The second-order valence-electron chi connectivity index (χ2n) is 5.82. The molecule has 0 radical (unpaired) electrons. The lowest BCUT2D eigenvalue weighted by Gasteiger charge is -2.26. The average Bonchev–Trinajstić information content (AvgIpc) is 2.93. The fourth-order valence-corrected chi connectivity index (χ4v) is 2.11. The van der Waals surface area contributed by atoms with E-state index in [1.807, 2.05) is 4.90 Å². The van der Waals surface area contributed by atoms with Gasteiger partial charge in [0.05, 0.1) is 11.8 Å². The highest BCUT2D eigenvalue weighted by atomic mass is 16.4. The van der Waals surface area contributed by atoms with Gasteiger partial charge in [0.15, 0.2) is 0 Å². The largest absolute Gasteiger partial charge is 0.481 e. The highest BCUT2D eigenvalue weighted by Crippen LogP contribution is 2.40. The average molecular weight is 241 g/mol. The van der Waals surface area contributed by atoms with Crippen molar-refractivity contribution in [2.45, 2.75) is 34.1 Å². The number of carboxylic acid groups (broad SMARTS) is 1. The highest BCUT2D eigenvalue weighted by Gasteiger charge is 2.49. The lowest BCUT2D eigenvalue weighted by Crippen LogP contribution is -2.38. The van der Waals surface area contributed by atoms with E-state index in [4.69, 9.17) is 5.11 Å². The van der Waals surface area contributed by atoms with Crippen LogP contribution in [-0.4, -0.2) is 35.0 Å². The molecule has 0 spiro atoms. The SMILES string of the molecule is CC(C)CN(CC(C)C)C(=O)C1CC1C(=O)O. The van der Waals surface area contributed by atoms with E-state index in [2.05, 4.69) is 27.7 Å². The summed E-state index contributed by atoms with van der Waals surface area (Å²) in [7, 11) is 0. The van der Waals surface area contributed by atoms with Gasteiger partial charge in [-0.15, -0.1) is 0 Å². The Bertz CT molecular complexity index is 289. The zero-order chi connectivity index (χ0) is 13.2. The van der Waals surface area contributed by atoms with Crippen molar-refractivity contribution in [2.75, 3.05) is 13.1 Å². The molecule has 17 heavy (non-hydrogen) atoms. The normalized spacial score (nSPS) is 22.9. The summed E-state index contributed by atoms with van der Waals surface area (Å²) in [6.07, 6.45) is 0.515. The summed E-state index contributed by atoms with van der Waals surface area (Å²) in [6, 6.07) is 0. The maximum atomic E-state index is 12.2. The molecule has 1 amide bonds. The molecule has 0 aromatic rings. The Labute approximate surface area is 103 Å². The molecule has 0 aromatic heterocycles. The summed E-state index contributed by atoms with van der Waals surface area (Å²) in [6.45, 7) is 9.73. The number of carbonyl (C=O) groups excluding carboxylic acids is 1. The van der Waals surface area contributed by atoms with Crippen LogP contribution < -0.4 is 0 Å². The van der Waals surface area contributed by atoms with Crippen LogP contribution in [0, 0.1) is 23.7 Å². The molecule has 4 nitrogen and oxygen atoms in total. The third-order valence-electron chi connectivity index (χ3n) is 2.91. The van der Waals surface area contributed by atoms with Gasteiger partial charge in [-0.1, -0.05) is 27.7 Å². The molecule has 0 heterocycles. The quantitative estimate of drug-likeness (QED) is 0.772. The molecular weight excluding hydrogens is 218 g/mol. The van der Waals surface area contributed by atoms with Gasteiger partial charge in [-0.2, -0.15) is 0 Å². The fraction of sp³-hybridized carbons (Fsp3) is 0.846. The molecule has 0 bridgehead atoms. The second-order valence-corrected chi connectivity index (χ2v) is 5.82. The van der Waals surface area contributed by atoms with E-state index < -0.39 is 11.9 Å². The molecule has 0 aromatic carbocycles. The van der Waals surface area contributed by atoms with Crippen LogP contribution in [0.25, 0.3) is 0 Å². The molecule has 0 saturated heterocycles. The molecule has 1 fully saturated rings. The van der Waals surface area contributed by atoms with Gasteiger partial charge in [0.25, 0.3) is 0 Å². The predicted octanol–water partition coefficient (Wildman–Crippen LogP) is 1.85. The molecule has 1 rings (SSSR count). The summed E-state index contributed by atoms with van der Waals surface area (Å²) in [5.41, 5.74) is 0. The van der Waals surface area contributed by atoms with Crippen LogP contribution in [0.3, 0.4) is 0 Å². The van der Waals surface area contributed by atoms with Crippen molar-refractivity contribution in [2.24, 2.45) is 23.7 Å². The molecule has 4 heteroatoms. The first-order valence-corrected chi connectivity index (χ1v) is 6.34. The van der Waals surface area contributed by atoms with Gasteiger partial charge in [-0.25, -0.2) is 0 Å². The van der Waals surface area contributed by atoms with Crippen molar-refractivity contribution in [3.8, 4) is 0 Å². The predicted molar refractivity (Wildman–Crippen MR) is 65.5 cm³/mol. The Morgan fingerprint density at radius 2 is 1.59 bits per heavy atom. The van der Waals surface area contributed by atoms with Gasteiger partial charge in [-0.05, 0) is 18.3 Å². The third kappa shape index (κ3) is 4.02. The zero-order valence-corrected chi connectivity index (χ0v) is 11.1. The van der Waals surface area contributed by atoms with Crippen molar-refractivity contribution in [3.63, 3.8) is 0 Å². The van der Waals surface area contributed by atoms with Crippen molar-refractivity contribution in [3.05, 3.63) is 0 Å². The molecule has 1 aliphatic rings. The minimum Gasteiger partial charge on any atom is -0.481 e. The van der Waals surface area contributed by atoms with Gasteiger partial charge in [0, 0.05) is 13.1 Å². The summed E-state index contributed by atoms with van der Waals surface area (Å²) < 4.78 is 0. The van der Waals surface area contributed by atoms with Gasteiger partial charge < -0.3 is 10.0 Å². The van der Waals surface area contributed by atoms with Gasteiger partial charge in [-0.3, -0.25) is 9.59 Å². The number of carboxylic acids is 1. The van der Waals surface area contributed by atoms with Crippen LogP contribution in [0.2, 0.25) is 0 Å². The lowest BCUT2D eigenvalue weighted by molar-refractivity contribution is -0.142. The first kappa shape index (κ1) is 14.0. The van der Waals surface area contributed by atoms with Crippen LogP contribution >= 0.6 is 0 Å². The minimum atomic E-state index is -0.836. The zero-order valence-electron chi connectivity index (χ0n) is 11.1. The highest BCUT2D eigenvalue weighted by molar-refractivity contribution is 5.89. The maximum Gasteiger partial charge on any atom is 0.307 e. The fourth-order valence-electron chi connectivity index (χ4n) is 2.11. The monoisotopic (exact) mass is 241 g/mol. The van der Waals surface area contributed by atoms with E-state index in [0.29, 0.717) is 18.3 Å². The van der Waals surface area contributed by atoms with Crippen molar-refractivity contribution < 1.29 is 14.7 Å². The summed E-state index contributed by atoms with van der Waals surface area (Å²) >= 11 is 0. The van der Waals surface area contributed by atoms with E-state index >= 15 is 0 Å². The number of aliphatic carboxylic acids is 1. The molecule has 2 unspecified atom stereocenters. The number of hydrogen-bond acceptors (Lipinski definition) is 2. The number of carbonyl (C=O) groups is 2.